The van der Waals surface area contributed by atoms with E-state index in [0.717, 1.165) is 18.9 Å². The van der Waals surface area contributed by atoms with E-state index >= 15 is 0 Å². The second-order valence-corrected chi connectivity index (χ2v) is 6.30. The second-order valence-electron chi connectivity index (χ2n) is 4.29. The van der Waals surface area contributed by atoms with Gasteiger partial charge in [-0.25, -0.2) is 12.8 Å². The minimum absolute atomic E-state index is 0.0618. The number of aliphatic hydroxyl groups is 1. The van der Waals surface area contributed by atoms with Crippen molar-refractivity contribution in [2.45, 2.75) is 30.8 Å². The Hall–Kier alpha value is -0.980. The lowest BCUT2D eigenvalue weighted by atomic mass is 10.3. The van der Waals surface area contributed by atoms with Crippen molar-refractivity contribution in [2.75, 3.05) is 19.0 Å². The fourth-order valence-electron chi connectivity index (χ4n) is 1.55. The van der Waals surface area contributed by atoms with Gasteiger partial charge in [0.05, 0.1) is 18.5 Å². The maximum Gasteiger partial charge on any atom is 0.183 e. The maximum absolute atomic E-state index is 13.4. The zero-order chi connectivity index (χ0) is 14.3. The number of unbranched alkanes of at least 4 members (excludes halogenated alkanes) is 1. The molecule has 0 amide bonds. The molecule has 0 aliphatic heterocycles. The summed E-state index contributed by atoms with van der Waals surface area (Å²) in [6.45, 7) is 2.42. The van der Waals surface area contributed by atoms with Crippen LogP contribution in [0.1, 0.15) is 19.8 Å². The number of hydrogen-bond acceptors (Lipinski definition) is 4. The summed E-state index contributed by atoms with van der Waals surface area (Å²) in [5.74, 6) is -1.35. The third kappa shape index (κ3) is 5.26. The highest BCUT2D eigenvalue weighted by molar-refractivity contribution is 7.91. The summed E-state index contributed by atoms with van der Waals surface area (Å²) in [5.41, 5.74) is 0. The van der Waals surface area contributed by atoms with Crippen molar-refractivity contribution in [1.82, 2.24) is 0 Å². The van der Waals surface area contributed by atoms with Crippen molar-refractivity contribution in [3.05, 3.63) is 30.1 Å². The average molecular weight is 290 g/mol. The SMILES string of the molecule is CCCCOCC(O)CS(=O)(=O)c1ccccc1F. The third-order valence-electron chi connectivity index (χ3n) is 2.54. The maximum atomic E-state index is 13.4. The quantitative estimate of drug-likeness (QED) is 0.741. The lowest BCUT2D eigenvalue weighted by Gasteiger charge is -2.12. The topological polar surface area (TPSA) is 63.6 Å². The number of aliphatic hydroxyl groups excluding tert-OH is 1. The summed E-state index contributed by atoms with van der Waals surface area (Å²) in [7, 11) is -3.84. The number of ether oxygens (including phenoxy) is 1. The number of rotatable bonds is 8. The monoisotopic (exact) mass is 290 g/mol. The van der Waals surface area contributed by atoms with E-state index in [0.29, 0.717) is 6.61 Å². The van der Waals surface area contributed by atoms with Crippen LogP contribution in [0, 0.1) is 5.82 Å². The van der Waals surface area contributed by atoms with Crippen molar-refractivity contribution in [2.24, 2.45) is 0 Å². The molecule has 1 aromatic rings. The minimum atomic E-state index is -3.84. The first-order valence-corrected chi connectivity index (χ1v) is 7.85. The van der Waals surface area contributed by atoms with Crippen molar-refractivity contribution in [3.8, 4) is 0 Å². The molecule has 0 saturated heterocycles. The molecule has 1 atom stereocenters. The summed E-state index contributed by atoms with van der Waals surface area (Å²) in [5, 5.41) is 9.61. The fourth-order valence-corrected chi connectivity index (χ4v) is 2.99. The van der Waals surface area contributed by atoms with E-state index in [2.05, 4.69) is 0 Å². The molecule has 0 fully saturated rings. The van der Waals surface area contributed by atoms with Crippen LogP contribution in [0.4, 0.5) is 4.39 Å². The largest absolute Gasteiger partial charge is 0.390 e. The van der Waals surface area contributed by atoms with Gasteiger partial charge in [0.1, 0.15) is 10.7 Å². The predicted octanol–water partition coefficient (Wildman–Crippen LogP) is 1.78. The molecular weight excluding hydrogens is 271 g/mol. The van der Waals surface area contributed by atoms with E-state index in [9.17, 15) is 17.9 Å². The van der Waals surface area contributed by atoms with Crippen molar-refractivity contribution in [3.63, 3.8) is 0 Å². The summed E-state index contributed by atoms with van der Waals surface area (Å²) >= 11 is 0. The van der Waals surface area contributed by atoms with Gasteiger partial charge in [0.2, 0.25) is 0 Å². The first kappa shape index (κ1) is 16.1. The van der Waals surface area contributed by atoms with Gasteiger partial charge in [0.15, 0.2) is 9.84 Å². The van der Waals surface area contributed by atoms with Gasteiger partial charge in [-0.3, -0.25) is 0 Å². The average Bonchev–Trinajstić information content (AvgIpc) is 2.34. The lowest BCUT2D eigenvalue weighted by Crippen LogP contribution is -2.26. The van der Waals surface area contributed by atoms with Crippen molar-refractivity contribution < 1.29 is 22.7 Å². The molecule has 0 aromatic heterocycles. The van der Waals surface area contributed by atoms with E-state index in [1.54, 1.807) is 0 Å². The highest BCUT2D eigenvalue weighted by atomic mass is 32.2. The van der Waals surface area contributed by atoms with Gasteiger partial charge in [-0.15, -0.1) is 0 Å². The van der Waals surface area contributed by atoms with Gasteiger partial charge in [0, 0.05) is 6.61 Å². The molecule has 0 bridgehead atoms. The summed E-state index contributed by atoms with van der Waals surface area (Å²) in [6.07, 6.45) is 0.664. The Morgan fingerprint density at radius 1 is 1.37 bits per heavy atom. The van der Waals surface area contributed by atoms with Gasteiger partial charge in [-0.2, -0.15) is 0 Å². The van der Waals surface area contributed by atoms with E-state index in [1.165, 1.54) is 18.2 Å². The Morgan fingerprint density at radius 2 is 2.05 bits per heavy atom. The van der Waals surface area contributed by atoms with Gasteiger partial charge in [-0.1, -0.05) is 25.5 Å². The molecule has 1 rings (SSSR count). The van der Waals surface area contributed by atoms with Gasteiger partial charge >= 0.3 is 0 Å². The molecule has 1 unspecified atom stereocenters. The number of benzene rings is 1. The molecule has 1 N–H and O–H groups in total. The molecule has 0 heterocycles. The smallest absolute Gasteiger partial charge is 0.183 e. The molecule has 0 aliphatic rings. The molecule has 108 valence electrons. The van der Waals surface area contributed by atoms with E-state index in [-0.39, 0.29) is 11.5 Å². The van der Waals surface area contributed by atoms with Crippen LogP contribution < -0.4 is 0 Å². The van der Waals surface area contributed by atoms with Crippen LogP contribution in [0.2, 0.25) is 0 Å². The van der Waals surface area contributed by atoms with Crippen LogP contribution in [0.3, 0.4) is 0 Å². The van der Waals surface area contributed by atoms with Crippen LogP contribution >= 0.6 is 0 Å². The van der Waals surface area contributed by atoms with Crippen molar-refractivity contribution >= 4 is 9.84 Å². The molecule has 0 saturated carbocycles. The van der Waals surface area contributed by atoms with Gasteiger partial charge in [0.25, 0.3) is 0 Å². The predicted molar refractivity (Wildman–Crippen MR) is 70.2 cm³/mol. The second kappa shape index (κ2) is 7.57. The molecule has 1 aromatic carbocycles. The number of halogens is 1. The Bertz CT molecular complexity index is 487. The van der Waals surface area contributed by atoms with Crippen molar-refractivity contribution in [1.29, 1.82) is 0 Å². The third-order valence-corrected chi connectivity index (χ3v) is 4.36. The Labute approximate surface area is 113 Å². The van der Waals surface area contributed by atoms with Crippen LogP contribution in [0.5, 0.6) is 0 Å². The van der Waals surface area contributed by atoms with Gasteiger partial charge < -0.3 is 9.84 Å². The zero-order valence-corrected chi connectivity index (χ0v) is 11.7. The first-order chi connectivity index (χ1) is 8.97. The van der Waals surface area contributed by atoms with Crippen LogP contribution in [0.15, 0.2) is 29.2 Å². The molecule has 6 heteroatoms. The Balaban J connectivity index is 2.58. The van der Waals surface area contributed by atoms with E-state index < -0.39 is 27.5 Å². The molecule has 0 spiro atoms. The van der Waals surface area contributed by atoms with Crippen LogP contribution in [-0.4, -0.2) is 38.6 Å². The van der Waals surface area contributed by atoms with Crippen LogP contribution in [0.25, 0.3) is 0 Å². The number of sulfone groups is 1. The zero-order valence-electron chi connectivity index (χ0n) is 10.9. The van der Waals surface area contributed by atoms with E-state index in [4.69, 9.17) is 4.74 Å². The molecular formula is C13H19FO4S. The normalized spacial score (nSPS) is 13.4. The highest BCUT2D eigenvalue weighted by Crippen LogP contribution is 2.16. The summed E-state index contributed by atoms with van der Waals surface area (Å²) < 4.78 is 42.3. The highest BCUT2D eigenvalue weighted by Gasteiger charge is 2.22. The first-order valence-electron chi connectivity index (χ1n) is 6.20. The molecule has 4 nitrogen and oxygen atoms in total. The molecule has 0 aliphatic carbocycles. The van der Waals surface area contributed by atoms with E-state index in [1.807, 2.05) is 6.92 Å². The fraction of sp³-hybridized carbons (Fsp3) is 0.538. The molecule has 19 heavy (non-hydrogen) atoms. The van der Waals surface area contributed by atoms with Crippen LogP contribution in [-0.2, 0) is 14.6 Å². The Kier molecular flexibility index (Phi) is 6.41. The lowest BCUT2D eigenvalue weighted by molar-refractivity contribution is 0.0465. The standard InChI is InChI=1S/C13H19FO4S/c1-2-3-8-18-9-11(15)10-19(16,17)13-7-5-4-6-12(13)14/h4-7,11,15H,2-3,8-10H2,1H3. The number of hydrogen-bond donors (Lipinski definition) is 1. The molecule has 0 radical (unpaired) electrons. The van der Waals surface area contributed by atoms with Gasteiger partial charge in [-0.05, 0) is 18.6 Å². The Morgan fingerprint density at radius 3 is 2.68 bits per heavy atom. The summed E-state index contributed by atoms with van der Waals surface area (Å²) in [4.78, 5) is -0.386. The summed E-state index contributed by atoms with van der Waals surface area (Å²) in [6, 6.07) is 5.13. The minimum Gasteiger partial charge on any atom is -0.390 e.